The number of allylic oxidation sites excluding steroid dienone is 5. The number of benzene rings is 2. The van der Waals surface area contributed by atoms with Gasteiger partial charge in [0, 0.05) is 31.0 Å². The average Bonchev–Trinajstić information content (AvgIpc) is 2.97. The van der Waals surface area contributed by atoms with Gasteiger partial charge in [0.05, 0.1) is 13.8 Å². The molecule has 7 nitrogen and oxygen atoms in total. The van der Waals surface area contributed by atoms with E-state index in [2.05, 4.69) is 24.1 Å². The minimum atomic E-state index is -1.42. The van der Waals surface area contributed by atoms with Crippen LogP contribution in [0.1, 0.15) is 47.1 Å². The molecular weight excluding hydrogens is 511 g/mol. The van der Waals surface area contributed by atoms with E-state index in [1.165, 1.54) is 0 Å². The summed E-state index contributed by atoms with van der Waals surface area (Å²) in [5, 5.41) is 26.9. The van der Waals surface area contributed by atoms with E-state index >= 15 is 0 Å². The topological polar surface area (TPSA) is 103 Å². The van der Waals surface area contributed by atoms with Crippen molar-refractivity contribution in [2.45, 2.75) is 60.1 Å². The standard InChI is InChI=1S/C27H37N2O5P.2C2H6/c1-5-7-8-25(6-2)35(32)19-34-23-11-9-21(10-12-23)15-20(3)29-17-22(30)18-33-24-13-14-27(31)26(16-24)28-4;2*1-2/h5-14,16,20,22,28-32H,2,15,17-19H2,1,3-4H3;2*1-2H3/b7-5-,25-8+;;. The molecule has 218 valence electrons. The first-order valence-electron chi connectivity index (χ1n) is 13.5. The molecule has 8 heteroatoms. The summed E-state index contributed by atoms with van der Waals surface area (Å²) >= 11 is 0. The molecule has 0 aliphatic heterocycles. The Kier molecular flexibility index (Phi) is 20.4. The predicted molar refractivity (Wildman–Crippen MR) is 167 cm³/mol. The number of nitrogens with one attached hydrogen (secondary N) is 2. The first-order chi connectivity index (χ1) is 18.9. The number of anilines is 1. The molecule has 5 N–H and O–H groups in total. The first-order valence-corrected chi connectivity index (χ1v) is 15.0. The Hall–Kier alpha value is -2.83. The van der Waals surface area contributed by atoms with Gasteiger partial charge in [0.25, 0.3) is 0 Å². The third-order valence-corrected chi connectivity index (χ3v) is 6.47. The van der Waals surface area contributed by atoms with Gasteiger partial charge in [-0.2, -0.15) is 0 Å². The summed E-state index contributed by atoms with van der Waals surface area (Å²) in [7, 11) is 0.294. The van der Waals surface area contributed by atoms with Gasteiger partial charge in [-0.25, -0.2) is 0 Å². The fourth-order valence-corrected chi connectivity index (χ4v) is 4.10. The van der Waals surface area contributed by atoms with Crippen LogP contribution in [0.15, 0.2) is 78.7 Å². The van der Waals surface area contributed by atoms with E-state index in [9.17, 15) is 15.1 Å². The molecular formula is C31H49N2O5P. The van der Waals surface area contributed by atoms with Crippen molar-refractivity contribution in [2.24, 2.45) is 0 Å². The summed E-state index contributed by atoms with van der Waals surface area (Å²) in [6, 6.07) is 12.8. The smallest absolute Gasteiger partial charge is 0.138 e. The number of phenolic OH excluding ortho intramolecular Hbond substituents is 1. The zero-order chi connectivity index (χ0) is 29.6. The van der Waals surface area contributed by atoms with Gasteiger partial charge >= 0.3 is 0 Å². The zero-order valence-electron chi connectivity index (χ0n) is 24.6. The van der Waals surface area contributed by atoms with Crippen molar-refractivity contribution < 1.29 is 24.6 Å². The second kappa shape index (κ2) is 22.0. The van der Waals surface area contributed by atoms with E-state index in [4.69, 9.17) is 9.47 Å². The molecule has 0 heterocycles. The highest BCUT2D eigenvalue weighted by molar-refractivity contribution is 7.56. The normalized spacial score (nSPS) is 13.2. The van der Waals surface area contributed by atoms with Crippen LogP contribution in [0.5, 0.6) is 17.2 Å². The first kappa shape index (κ1) is 36.2. The fourth-order valence-electron chi connectivity index (χ4n) is 3.21. The van der Waals surface area contributed by atoms with Crippen LogP contribution in [0.25, 0.3) is 0 Å². The number of phenols is 1. The summed E-state index contributed by atoms with van der Waals surface area (Å²) in [4.78, 5) is 10.3. The molecule has 39 heavy (non-hydrogen) atoms. The second-order valence-electron chi connectivity index (χ2n) is 8.05. The van der Waals surface area contributed by atoms with E-state index in [-0.39, 0.29) is 24.7 Å². The van der Waals surface area contributed by atoms with E-state index in [1.54, 1.807) is 31.3 Å². The predicted octanol–water partition coefficient (Wildman–Crippen LogP) is 6.82. The molecule has 0 spiro atoms. The summed E-state index contributed by atoms with van der Waals surface area (Å²) in [6.45, 7) is 16.3. The third-order valence-electron chi connectivity index (χ3n) is 5.17. The fraction of sp³-hybridized carbons (Fsp3) is 0.419. The van der Waals surface area contributed by atoms with Crippen molar-refractivity contribution in [2.75, 3.05) is 31.9 Å². The molecule has 3 atom stereocenters. The summed E-state index contributed by atoms with van der Waals surface area (Å²) in [5.41, 5.74) is 1.71. The maximum absolute atomic E-state index is 10.3. The lowest BCUT2D eigenvalue weighted by Crippen LogP contribution is -2.37. The Morgan fingerprint density at radius 1 is 1.05 bits per heavy atom. The quantitative estimate of drug-likeness (QED) is 0.0925. The zero-order valence-corrected chi connectivity index (χ0v) is 25.5. The lowest BCUT2D eigenvalue weighted by molar-refractivity contribution is 0.104. The highest BCUT2D eigenvalue weighted by Crippen LogP contribution is 2.41. The number of hydrogen-bond acceptors (Lipinski definition) is 7. The molecule has 0 aromatic heterocycles. The Bertz CT molecular complexity index is 979. The molecule has 0 saturated heterocycles. The molecule has 0 aliphatic rings. The van der Waals surface area contributed by atoms with Gasteiger partial charge in [-0.1, -0.05) is 70.7 Å². The Labute approximate surface area is 237 Å². The number of aromatic hydroxyl groups is 1. The maximum Gasteiger partial charge on any atom is 0.138 e. The van der Waals surface area contributed by atoms with Crippen LogP contribution < -0.4 is 20.1 Å². The van der Waals surface area contributed by atoms with E-state index in [1.807, 2.05) is 77.1 Å². The molecule has 0 radical (unpaired) electrons. The van der Waals surface area contributed by atoms with Crippen molar-refractivity contribution in [3.63, 3.8) is 0 Å². The Morgan fingerprint density at radius 3 is 2.28 bits per heavy atom. The van der Waals surface area contributed by atoms with Crippen LogP contribution in [0.4, 0.5) is 5.69 Å². The molecule has 0 fully saturated rings. The van der Waals surface area contributed by atoms with Gasteiger partial charge < -0.3 is 35.2 Å². The second-order valence-corrected chi connectivity index (χ2v) is 9.62. The molecule has 0 saturated carbocycles. The number of aliphatic hydroxyl groups excluding tert-OH is 1. The highest BCUT2D eigenvalue weighted by atomic mass is 31.1. The van der Waals surface area contributed by atoms with Crippen molar-refractivity contribution in [3.05, 3.63) is 84.2 Å². The van der Waals surface area contributed by atoms with E-state index in [0.717, 1.165) is 17.3 Å². The van der Waals surface area contributed by atoms with Crippen LogP contribution >= 0.6 is 8.15 Å². The lowest BCUT2D eigenvalue weighted by Gasteiger charge is -2.18. The van der Waals surface area contributed by atoms with Gasteiger partial charge in [0.15, 0.2) is 0 Å². The van der Waals surface area contributed by atoms with Crippen LogP contribution in [-0.2, 0) is 6.42 Å². The number of hydrogen-bond donors (Lipinski definition) is 5. The summed E-state index contributed by atoms with van der Waals surface area (Å²) < 4.78 is 11.4. The van der Waals surface area contributed by atoms with Gasteiger partial charge in [-0.15, -0.1) is 0 Å². The molecule has 0 bridgehead atoms. The van der Waals surface area contributed by atoms with Crippen LogP contribution in [0, 0.1) is 0 Å². The number of rotatable bonds is 15. The van der Waals surface area contributed by atoms with Gasteiger partial charge in [0.2, 0.25) is 0 Å². The Balaban J connectivity index is 0.00000344. The van der Waals surface area contributed by atoms with E-state index < -0.39 is 14.3 Å². The largest absolute Gasteiger partial charge is 0.506 e. The van der Waals surface area contributed by atoms with Crippen LogP contribution in [0.3, 0.4) is 0 Å². The molecule has 2 aromatic rings. The van der Waals surface area contributed by atoms with Crippen molar-refractivity contribution in [3.8, 4) is 17.2 Å². The maximum atomic E-state index is 10.3. The summed E-state index contributed by atoms with van der Waals surface area (Å²) in [5.74, 6) is 1.42. The third kappa shape index (κ3) is 14.8. The van der Waals surface area contributed by atoms with Gasteiger partial charge in [0.1, 0.15) is 36.3 Å². The van der Waals surface area contributed by atoms with E-state index in [0.29, 0.717) is 23.7 Å². The minimum absolute atomic E-state index is 0.143. The minimum Gasteiger partial charge on any atom is -0.506 e. The SMILES string of the molecule is C=C/C(=C\C=C/C)P(O)COc1ccc(CC(C)NCC(O)COc2ccc(O)c(NC)c2)cc1.CC.CC. The van der Waals surface area contributed by atoms with Crippen molar-refractivity contribution >= 4 is 13.8 Å². The summed E-state index contributed by atoms with van der Waals surface area (Å²) in [6.07, 6.45) is 7.59. The number of ether oxygens (including phenoxy) is 2. The van der Waals surface area contributed by atoms with Crippen LogP contribution in [-0.4, -0.2) is 53.8 Å². The molecule has 0 amide bonds. The lowest BCUT2D eigenvalue weighted by atomic mass is 10.1. The molecule has 0 aliphatic carbocycles. The monoisotopic (exact) mass is 560 g/mol. The van der Waals surface area contributed by atoms with Crippen molar-refractivity contribution in [1.82, 2.24) is 5.32 Å². The molecule has 3 unspecified atom stereocenters. The molecule has 2 aromatic carbocycles. The van der Waals surface area contributed by atoms with Crippen LogP contribution in [0.2, 0.25) is 0 Å². The number of aliphatic hydroxyl groups is 1. The van der Waals surface area contributed by atoms with Gasteiger partial charge in [-0.3, -0.25) is 0 Å². The Morgan fingerprint density at radius 2 is 1.69 bits per heavy atom. The van der Waals surface area contributed by atoms with Crippen molar-refractivity contribution in [1.29, 1.82) is 0 Å². The average molecular weight is 561 g/mol. The molecule has 2 rings (SSSR count). The highest BCUT2D eigenvalue weighted by Gasteiger charge is 2.11. The van der Waals surface area contributed by atoms with Gasteiger partial charge in [-0.05, 0) is 50.1 Å².